The van der Waals surface area contributed by atoms with E-state index in [1.807, 2.05) is 48.5 Å². The number of carbonyl (C=O) groups excluding carboxylic acids is 1. The maximum Gasteiger partial charge on any atom is 0.286 e. The summed E-state index contributed by atoms with van der Waals surface area (Å²) in [5.41, 5.74) is 3.09. The largest absolute Gasteiger partial charge is 0.459 e. The zero-order valence-electron chi connectivity index (χ0n) is 18.5. The molecule has 5 heteroatoms. The van der Waals surface area contributed by atoms with E-state index in [9.17, 15) is 9.90 Å². The third kappa shape index (κ3) is 6.21. The van der Waals surface area contributed by atoms with Gasteiger partial charge in [-0.05, 0) is 53.9 Å². The highest BCUT2D eigenvalue weighted by Gasteiger charge is 2.33. The van der Waals surface area contributed by atoms with Gasteiger partial charge in [0.15, 0.2) is 5.76 Å². The molecule has 5 nitrogen and oxygen atoms in total. The quantitative estimate of drug-likeness (QED) is 0.609. The second-order valence-corrected chi connectivity index (χ2v) is 8.80. The van der Waals surface area contributed by atoms with Crippen LogP contribution in [0.15, 0.2) is 66.4 Å². The van der Waals surface area contributed by atoms with Crippen LogP contribution in [-0.4, -0.2) is 23.8 Å². The van der Waals surface area contributed by atoms with E-state index >= 15 is 0 Å². The van der Waals surface area contributed by atoms with Gasteiger partial charge in [0.05, 0.1) is 13.2 Å². The van der Waals surface area contributed by atoms with E-state index in [0.29, 0.717) is 30.7 Å². The van der Waals surface area contributed by atoms with Crippen LogP contribution in [0.5, 0.6) is 0 Å². The summed E-state index contributed by atoms with van der Waals surface area (Å²) in [4.78, 5) is 12.9. The van der Waals surface area contributed by atoms with Crippen molar-refractivity contribution in [2.75, 3.05) is 6.54 Å². The van der Waals surface area contributed by atoms with Crippen LogP contribution in [-0.2, 0) is 33.9 Å². The zero-order chi connectivity index (χ0) is 22.2. The highest BCUT2D eigenvalue weighted by atomic mass is 16.7. The van der Waals surface area contributed by atoms with Crippen LogP contribution >= 0.6 is 0 Å². The molecule has 0 aromatic heterocycles. The fraction of sp³-hybridized carbons (Fsp3) is 0.444. The Labute approximate surface area is 190 Å². The highest BCUT2D eigenvalue weighted by molar-refractivity contribution is 5.91. The first-order valence-electron chi connectivity index (χ1n) is 11.7. The predicted molar refractivity (Wildman–Crippen MR) is 123 cm³/mol. The number of hydrogen-bond donors (Lipinski definition) is 2. The lowest BCUT2D eigenvalue weighted by molar-refractivity contribution is -0.155. The molecule has 2 aliphatic rings. The molecule has 0 spiro atoms. The number of hydrogen-bond acceptors (Lipinski definition) is 4. The molecular weight excluding hydrogens is 402 g/mol. The Morgan fingerprint density at radius 2 is 1.72 bits per heavy atom. The summed E-state index contributed by atoms with van der Waals surface area (Å²) < 4.78 is 12.1. The Hall–Kier alpha value is -2.63. The predicted octanol–water partition coefficient (Wildman–Crippen LogP) is 4.49. The van der Waals surface area contributed by atoms with Crippen molar-refractivity contribution < 1.29 is 19.4 Å². The van der Waals surface area contributed by atoms with Gasteiger partial charge in [0.1, 0.15) is 0 Å². The summed E-state index contributed by atoms with van der Waals surface area (Å²) in [6.45, 7) is 1.01. The molecule has 1 aliphatic carbocycles. The van der Waals surface area contributed by atoms with Crippen LogP contribution < -0.4 is 5.32 Å². The average Bonchev–Trinajstić information content (AvgIpc) is 3.39. The number of carbonyl (C=O) groups is 1. The maximum absolute atomic E-state index is 12.9. The number of nitrogens with one attached hydrogen (secondary N) is 1. The fourth-order valence-electron chi connectivity index (χ4n) is 4.64. The first-order valence-corrected chi connectivity index (χ1v) is 11.7. The SMILES string of the molecule is O=C(NCCc1ccccc1)C1=C[C@H](C2CCCC2)C[C@H](OCc2ccc(CO)cc2)O1. The summed E-state index contributed by atoms with van der Waals surface area (Å²) in [6.07, 6.45) is 8.10. The molecule has 1 aliphatic heterocycles. The van der Waals surface area contributed by atoms with E-state index < -0.39 is 6.29 Å². The molecule has 0 radical (unpaired) electrons. The average molecular weight is 436 g/mol. The van der Waals surface area contributed by atoms with Gasteiger partial charge in [-0.25, -0.2) is 0 Å². The molecule has 0 unspecified atom stereocenters. The van der Waals surface area contributed by atoms with Crippen molar-refractivity contribution in [1.29, 1.82) is 0 Å². The van der Waals surface area contributed by atoms with E-state index in [1.54, 1.807) is 0 Å². The van der Waals surface area contributed by atoms with Gasteiger partial charge in [0, 0.05) is 13.0 Å². The van der Waals surface area contributed by atoms with E-state index in [0.717, 1.165) is 24.0 Å². The maximum atomic E-state index is 12.9. The van der Waals surface area contributed by atoms with Crippen molar-refractivity contribution >= 4 is 5.91 Å². The minimum Gasteiger partial charge on any atom is -0.459 e. The number of amides is 1. The lowest BCUT2D eigenvalue weighted by Crippen LogP contribution is -2.35. The Kier molecular flexibility index (Phi) is 7.97. The minimum atomic E-state index is -0.432. The Balaban J connectivity index is 1.36. The molecule has 2 aromatic rings. The monoisotopic (exact) mass is 435 g/mol. The molecule has 1 amide bonds. The molecule has 1 heterocycles. The Morgan fingerprint density at radius 3 is 2.44 bits per heavy atom. The van der Waals surface area contributed by atoms with Crippen molar-refractivity contribution in [1.82, 2.24) is 5.32 Å². The third-order valence-corrected chi connectivity index (χ3v) is 6.50. The van der Waals surface area contributed by atoms with Gasteiger partial charge in [0.2, 0.25) is 6.29 Å². The first-order chi connectivity index (χ1) is 15.7. The van der Waals surface area contributed by atoms with Crippen molar-refractivity contribution in [3.05, 3.63) is 83.1 Å². The van der Waals surface area contributed by atoms with Crippen LogP contribution in [0.3, 0.4) is 0 Å². The van der Waals surface area contributed by atoms with Crippen LogP contribution in [0.4, 0.5) is 0 Å². The number of rotatable bonds is 9. The summed E-state index contributed by atoms with van der Waals surface area (Å²) in [5, 5.41) is 12.2. The molecule has 2 N–H and O–H groups in total. The lowest BCUT2D eigenvalue weighted by Gasteiger charge is -2.32. The summed E-state index contributed by atoms with van der Waals surface area (Å²) >= 11 is 0. The number of benzene rings is 2. The molecule has 0 saturated heterocycles. The smallest absolute Gasteiger partial charge is 0.286 e. The van der Waals surface area contributed by atoms with Gasteiger partial charge >= 0.3 is 0 Å². The van der Waals surface area contributed by atoms with Gasteiger partial charge < -0.3 is 19.9 Å². The number of allylic oxidation sites excluding steroid dienone is 1. The molecule has 0 bridgehead atoms. The van der Waals surface area contributed by atoms with Crippen molar-refractivity contribution in [2.45, 2.75) is 58.0 Å². The first kappa shape index (κ1) is 22.6. The summed E-state index contributed by atoms with van der Waals surface area (Å²) in [6, 6.07) is 17.8. The zero-order valence-corrected chi connectivity index (χ0v) is 18.5. The third-order valence-electron chi connectivity index (χ3n) is 6.50. The van der Waals surface area contributed by atoms with Gasteiger partial charge in [-0.2, -0.15) is 0 Å². The Morgan fingerprint density at radius 1 is 1.00 bits per heavy atom. The topological polar surface area (TPSA) is 67.8 Å². The van der Waals surface area contributed by atoms with Crippen LogP contribution in [0.1, 0.15) is 48.8 Å². The van der Waals surface area contributed by atoms with Crippen molar-refractivity contribution in [2.24, 2.45) is 11.8 Å². The molecular formula is C27H33NO4. The molecule has 32 heavy (non-hydrogen) atoms. The summed E-state index contributed by atoms with van der Waals surface area (Å²) in [5.74, 6) is 1.13. The molecule has 170 valence electrons. The molecule has 1 fully saturated rings. The molecule has 2 atom stereocenters. The lowest BCUT2D eigenvalue weighted by atomic mass is 9.86. The molecule has 2 aromatic carbocycles. The standard InChI is InChI=1S/C27H33NO4/c29-18-21-10-12-22(13-11-21)19-31-26-17-24(23-8-4-5-9-23)16-25(32-26)27(30)28-15-14-20-6-2-1-3-7-20/h1-3,6-7,10-13,16,23-24,26,29H,4-5,8-9,14-15,17-19H2,(H,28,30)/t24-,26+/m0/s1. The van der Waals surface area contributed by atoms with Gasteiger partial charge in [-0.1, -0.05) is 67.4 Å². The van der Waals surface area contributed by atoms with Crippen molar-refractivity contribution in [3.8, 4) is 0 Å². The second kappa shape index (κ2) is 11.3. The molecule has 1 saturated carbocycles. The van der Waals surface area contributed by atoms with Crippen molar-refractivity contribution in [3.63, 3.8) is 0 Å². The minimum absolute atomic E-state index is 0.0312. The normalized spacial score (nSPS) is 21.1. The van der Waals surface area contributed by atoms with Crippen LogP contribution in [0.2, 0.25) is 0 Å². The van der Waals surface area contributed by atoms with Crippen LogP contribution in [0.25, 0.3) is 0 Å². The van der Waals surface area contributed by atoms with Gasteiger partial charge in [-0.3, -0.25) is 4.79 Å². The highest BCUT2D eigenvalue weighted by Crippen LogP contribution is 2.38. The number of ether oxygens (including phenoxy) is 2. The van der Waals surface area contributed by atoms with Gasteiger partial charge in [0.25, 0.3) is 5.91 Å². The van der Waals surface area contributed by atoms with Crippen LogP contribution in [0, 0.1) is 11.8 Å². The van der Waals surface area contributed by atoms with E-state index in [2.05, 4.69) is 17.4 Å². The number of aliphatic hydroxyl groups excluding tert-OH is 1. The van der Waals surface area contributed by atoms with E-state index in [-0.39, 0.29) is 12.5 Å². The number of aliphatic hydroxyl groups is 1. The molecule has 4 rings (SSSR count). The van der Waals surface area contributed by atoms with Gasteiger partial charge in [-0.15, -0.1) is 0 Å². The van der Waals surface area contributed by atoms with E-state index in [1.165, 1.54) is 31.2 Å². The van der Waals surface area contributed by atoms with E-state index in [4.69, 9.17) is 9.47 Å². The summed E-state index contributed by atoms with van der Waals surface area (Å²) in [7, 11) is 0. The fourth-order valence-corrected chi connectivity index (χ4v) is 4.64. The Bertz CT molecular complexity index is 888. The second-order valence-electron chi connectivity index (χ2n) is 8.80.